The Balaban J connectivity index is 2.34. The number of carbonyl (C=O) groups is 2. The molecule has 56 valence electrons. The van der Waals surface area contributed by atoms with Gasteiger partial charge in [-0.15, -0.1) is 0 Å². The van der Waals surface area contributed by atoms with Crippen molar-refractivity contribution in [2.75, 3.05) is 0 Å². The molecule has 1 amide bonds. The fraction of sp³-hybridized carbons (Fsp3) is 0.600. The second-order valence-corrected chi connectivity index (χ2v) is 2.06. The summed E-state index contributed by atoms with van der Waals surface area (Å²) in [4.78, 5) is 20.7. The summed E-state index contributed by atoms with van der Waals surface area (Å²) in [7, 11) is 0. The SMILES string of the molecule is CC(=O)OC1NC(=O)[C@H]1N. The van der Waals surface area contributed by atoms with E-state index in [1.807, 2.05) is 0 Å². The molecule has 0 radical (unpaired) electrons. The molecule has 1 aliphatic heterocycles. The Kier molecular flexibility index (Phi) is 1.58. The monoisotopic (exact) mass is 144 g/mol. The van der Waals surface area contributed by atoms with Gasteiger partial charge < -0.3 is 15.8 Å². The normalized spacial score (nSPS) is 30.4. The zero-order chi connectivity index (χ0) is 7.72. The second-order valence-electron chi connectivity index (χ2n) is 2.06. The molecular weight excluding hydrogens is 136 g/mol. The molecule has 2 atom stereocenters. The van der Waals surface area contributed by atoms with Crippen molar-refractivity contribution in [1.82, 2.24) is 5.32 Å². The van der Waals surface area contributed by atoms with Crippen LogP contribution in [0.3, 0.4) is 0 Å². The number of hydrogen-bond donors (Lipinski definition) is 2. The summed E-state index contributed by atoms with van der Waals surface area (Å²) in [6.45, 7) is 1.26. The van der Waals surface area contributed by atoms with Crippen molar-refractivity contribution in [2.45, 2.75) is 19.2 Å². The molecule has 1 saturated heterocycles. The Morgan fingerprint density at radius 1 is 1.80 bits per heavy atom. The van der Waals surface area contributed by atoms with Gasteiger partial charge in [-0.2, -0.15) is 0 Å². The highest BCUT2D eigenvalue weighted by atomic mass is 16.6. The van der Waals surface area contributed by atoms with E-state index in [4.69, 9.17) is 5.73 Å². The molecule has 1 heterocycles. The predicted molar refractivity (Wildman–Crippen MR) is 31.7 cm³/mol. The molecule has 5 nitrogen and oxygen atoms in total. The Morgan fingerprint density at radius 2 is 2.40 bits per heavy atom. The molecule has 5 heteroatoms. The number of ether oxygens (including phenoxy) is 1. The van der Waals surface area contributed by atoms with Crippen molar-refractivity contribution in [3.05, 3.63) is 0 Å². The van der Waals surface area contributed by atoms with E-state index in [2.05, 4.69) is 10.1 Å². The highest BCUT2D eigenvalue weighted by Gasteiger charge is 2.38. The van der Waals surface area contributed by atoms with Crippen LogP contribution in [-0.4, -0.2) is 24.1 Å². The third-order valence-corrected chi connectivity index (χ3v) is 1.21. The zero-order valence-electron chi connectivity index (χ0n) is 5.46. The molecule has 1 aliphatic rings. The van der Waals surface area contributed by atoms with Crippen LogP contribution in [0.2, 0.25) is 0 Å². The molecule has 1 rings (SSSR count). The van der Waals surface area contributed by atoms with Crippen LogP contribution < -0.4 is 11.1 Å². The van der Waals surface area contributed by atoms with Crippen molar-refractivity contribution >= 4 is 11.9 Å². The van der Waals surface area contributed by atoms with Crippen LogP contribution in [0.1, 0.15) is 6.92 Å². The standard InChI is InChI=1S/C5H8N2O3/c1-2(8)10-5-3(6)4(9)7-5/h3,5H,6H2,1H3,(H,7,9)/t3-,5?/m1/s1. The smallest absolute Gasteiger partial charge is 0.304 e. The van der Waals surface area contributed by atoms with Crippen molar-refractivity contribution in [2.24, 2.45) is 5.73 Å². The number of rotatable bonds is 1. The fourth-order valence-electron chi connectivity index (χ4n) is 0.649. The third kappa shape index (κ3) is 1.08. The van der Waals surface area contributed by atoms with Crippen LogP contribution in [0, 0.1) is 0 Å². The van der Waals surface area contributed by atoms with E-state index in [0.29, 0.717) is 0 Å². The quantitative estimate of drug-likeness (QED) is 0.340. The van der Waals surface area contributed by atoms with Crippen molar-refractivity contribution in [1.29, 1.82) is 0 Å². The van der Waals surface area contributed by atoms with E-state index in [9.17, 15) is 9.59 Å². The van der Waals surface area contributed by atoms with Gasteiger partial charge in [0.2, 0.25) is 5.91 Å². The van der Waals surface area contributed by atoms with Crippen molar-refractivity contribution in [3.8, 4) is 0 Å². The van der Waals surface area contributed by atoms with Gasteiger partial charge in [-0.3, -0.25) is 9.59 Å². The van der Waals surface area contributed by atoms with E-state index in [1.165, 1.54) is 6.92 Å². The number of nitrogens with one attached hydrogen (secondary N) is 1. The lowest BCUT2D eigenvalue weighted by Crippen LogP contribution is -2.67. The number of β-lactam (4-membered cyclic amide) rings is 1. The van der Waals surface area contributed by atoms with Crippen LogP contribution in [0.4, 0.5) is 0 Å². The van der Waals surface area contributed by atoms with E-state index < -0.39 is 18.2 Å². The lowest BCUT2D eigenvalue weighted by atomic mass is 10.1. The van der Waals surface area contributed by atoms with E-state index in [1.54, 1.807) is 0 Å². The average molecular weight is 144 g/mol. The van der Waals surface area contributed by atoms with Crippen LogP contribution in [0.5, 0.6) is 0 Å². The molecular formula is C5H8N2O3. The number of carbonyl (C=O) groups excluding carboxylic acids is 2. The summed E-state index contributed by atoms with van der Waals surface area (Å²) in [5.41, 5.74) is 5.23. The molecule has 0 aliphatic carbocycles. The summed E-state index contributed by atoms with van der Waals surface area (Å²) < 4.78 is 4.57. The van der Waals surface area contributed by atoms with Gasteiger partial charge >= 0.3 is 5.97 Å². The largest absolute Gasteiger partial charge is 0.440 e. The Bertz CT molecular complexity index is 180. The molecule has 1 unspecified atom stereocenters. The first-order valence-corrected chi connectivity index (χ1v) is 2.84. The van der Waals surface area contributed by atoms with Crippen LogP contribution >= 0.6 is 0 Å². The van der Waals surface area contributed by atoms with E-state index >= 15 is 0 Å². The van der Waals surface area contributed by atoms with Gasteiger partial charge in [-0.1, -0.05) is 0 Å². The molecule has 0 spiro atoms. The Labute approximate surface area is 57.5 Å². The van der Waals surface area contributed by atoms with Gasteiger partial charge in [-0.05, 0) is 0 Å². The summed E-state index contributed by atoms with van der Waals surface area (Å²) in [6, 6.07) is -0.691. The lowest BCUT2D eigenvalue weighted by molar-refractivity contribution is -0.161. The minimum Gasteiger partial charge on any atom is -0.440 e. The van der Waals surface area contributed by atoms with Gasteiger partial charge in [0.25, 0.3) is 0 Å². The highest BCUT2D eigenvalue weighted by Crippen LogP contribution is 2.04. The first-order valence-electron chi connectivity index (χ1n) is 2.84. The summed E-state index contributed by atoms with van der Waals surface area (Å²) >= 11 is 0. The van der Waals surface area contributed by atoms with Gasteiger partial charge in [0, 0.05) is 6.92 Å². The van der Waals surface area contributed by atoms with Crippen LogP contribution in [-0.2, 0) is 14.3 Å². The molecule has 0 aromatic rings. The Hall–Kier alpha value is -1.10. The van der Waals surface area contributed by atoms with Crippen LogP contribution in [0.25, 0.3) is 0 Å². The highest BCUT2D eigenvalue weighted by molar-refractivity contribution is 5.89. The van der Waals surface area contributed by atoms with E-state index in [-0.39, 0.29) is 5.91 Å². The average Bonchev–Trinajstić information content (AvgIpc) is 1.86. The summed E-state index contributed by atoms with van der Waals surface area (Å²) in [5.74, 6) is -0.730. The van der Waals surface area contributed by atoms with Gasteiger partial charge in [-0.25, -0.2) is 0 Å². The van der Waals surface area contributed by atoms with Crippen molar-refractivity contribution in [3.63, 3.8) is 0 Å². The summed E-state index contributed by atoms with van der Waals surface area (Å²) in [5, 5.41) is 2.32. The minimum atomic E-state index is -0.691. The molecule has 0 saturated carbocycles. The molecule has 0 aromatic heterocycles. The first-order chi connectivity index (χ1) is 4.61. The topological polar surface area (TPSA) is 81.4 Å². The number of nitrogens with two attached hydrogens (primary N) is 1. The van der Waals surface area contributed by atoms with Crippen LogP contribution in [0.15, 0.2) is 0 Å². The number of amides is 1. The van der Waals surface area contributed by atoms with Gasteiger partial charge in [0.05, 0.1) is 0 Å². The first kappa shape index (κ1) is 7.01. The lowest BCUT2D eigenvalue weighted by Gasteiger charge is -2.32. The van der Waals surface area contributed by atoms with Gasteiger partial charge in [0.15, 0.2) is 6.23 Å². The molecule has 10 heavy (non-hydrogen) atoms. The number of esters is 1. The van der Waals surface area contributed by atoms with E-state index in [0.717, 1.165) is 0 Å². The second kappa shape index (κ2) is 2.26. The van der Waals surface area contributed by atoms with Crippen molar-refractivity contribution < 1.29 is 14.3 Å². The maximum atomic E-state index is 10.4. The number of hydrogen-bond acceptors (Lipinski definition) is 4. The third-order valence-electron chi connectivity index (χ3n) is 1.21. The molecule has 0 aromatic carbocycles. The fourth-order valence-corrected chi connectivity index (χ4v) is 0.649. The maximum absolute atomic E-state index is 10.4. The molecule has 0 bridgehead atoms. The van der Waals surface area contributed by atoms with Gasteiger partial charge in [0.1, 0.15) is 6.04 Å². The molecule has 3 N–H and O–H groups in total. The molecule has 1 fully saturated rings. The zero-order valence-corrected chi connectivity index (χ0v) is 5.46. The predicted octanol–water partition coefficient (Wildman–Crippen LogP) is -1.67. The Morgan fingerprint density at radius 3 is 2.70 bits per heavy atom. The maximum Gasteiger partial charge on any atom is 0.304 e. The minimum absolute atomic E-state index is 0.286. The summed E-state index contributed by atoms with van der Waals surface area (Å²) in [6.07, 6.45) is -0.620.